The molecule has 0 aliphatic heterocycles. The van der Waals surface area contributed by atoms with Gasteiger partial charge in [0.2, 0.25) is 0 Å². The van der Waals surface area contributed by atoms with Gasteiger partial charge in [-0.2, -0.15) is 0 Å². The molecule has 0 unspecified atom stereocenters. The average molecular weight is 496 g/mol. The molecule has 0 saturated heterocycles. The fourth-order valence-corrected chi connectivity index (χ4v) is 5.45. The van der Waals surface area contributed by atoms with E-state index in [9.17, 15) is 0 Å². The molecule has 2 aromatic rings. The Bertz CT molecular complexity index is 733. The van der Waals surface area contributed by atoms with E-state index < -0.39 is 0 Å². The van der Waals surface area contributed by atoms with E-state index in [2.05, 4.69) is 65.7 Å². The van der Waals surface area contributed by atoms with E-state index in [1.165, 1.54) is 153 Å². The Morgan fingerprint density at radius 1 is 0.556 bits per heavy atom. The summed E-state index contributed by atoms with van der Waals surface area (Å²) in [4.78, 5) is 0. The van der Waals surface area contributed by atoms with E-state index in [-0.39, 0.29) is 0 Å². The standard InChI is InChI=1S/C34H59N2/c1-3-5-7-9-11-13-14-15-16-18-20-25-29-35-30-31-36(32-33-26-22-21-23-27-33)34(35)28-24-19-17-12-10-8-6-4-2/h21-23,26-27,30-31H,3-20,24-25,28-29,32H2,1-2H3/q+1. The SMILES string of the molecule is CCCCCCCCCCCCCC[n+]1ccn(Cc2ccccc2)c1CCCCCCCCCC. The van der Waals surface area contributed by atoms with Gasteiger partial charge < -0.3 is 0 Å². The highest BCUT2D eigenvalue weighted by molar-refractivity contribution is 5.15. The maximum Gasteiger partial charge on any atom is 0.256 e. The quantitative estimate of drug-likeness (QED) is 0.101. The summed E-state index contributed by atoms with van der Waals surface area (Å²) in [6.45, 7) is 6.79. The van der Waals surface area contributed by atoms with Gasteiger partial charge in [-0.15, -0.1) is 0 Å². The predicted molar refractivity (Wildman–Crippen MR) is 158 cm³/mol. The molecule has 2 heteroatoms. The molecule has 1 aromatic carbocycles. The molecule has 1 aromatic heterocycles. The van der Waals surface area contributed by atoms with Crippen molar-refractivity contribution in [2.24, 2.45) is 0 Å². The van der Waals surface area contributed by atoms with Gasteiger partial charge in [-0.3, -0.25) is 0 Å². The van der Waals surface area contributed by atoms with E-state index in [0.717, 1.165) is 6.54 Å². The summed E-state index contributed by atoms with van der Waals surface area (Å²) in [6, 6.07) is 11.0. The smallest absolute Gasteiger partial charge is 0.234 e. The van der Waals surface area contributed by atoms with Crippen LogP contribution in [0.2, 0.25) is 0 Å². The van der Waals surface area contributed by atoms with Crippen molar-refractivity contribution in [1.82, 2.24) is 4.57 Å². The van der Waals surface area contributed by atoms with E-state index in [1.807, 2.05) is 0 Å². The molecule has 0 N–H and O–H groups in total. The second-order valence-electron chi connectivity index (χ2n) is 11.1. The summed E-state index contributed by atoms with van der Waals surface area (Å²) in [5, 5.41) is 0. The van der Waals surface area contributed by atoms with Gasteiger partial charge in [-0.25, -0.2) is 9.13 Å². The fraction of sp³-hybridized carbons (Fsp3) is 0.735. The third-order valence-electron chi connectivity index (χ3n) is 7.79. The second-order valence-corrected chi connectivity index (χ2v) is 11.1. The number of hydrogen-bond acceptors (Lipinski definition) is 0. The highest BCUT2D eigenvalue weighted by Crippen LogP contribution is 2.14. The number of unbranched alkanes of at least 4 members (excludes halogenated alkanes) is 18. The highest BCUT2D eigenvalue weighted by Gasteiger charge is 2.17. The molecular formula is C34H59N2+. The lowest BCUT2D eigenvalue weighted by molar-refractivity contribution is -0.704. The average Bonchev–Trinajstić information content (AvgIpc) is 3.27. The Labute approximate surface area is 224 Å². The van der Waals surface area contributed by atoms with E-state index in [1.54, 1.807) is 0 Å². The monoisotopic (exact) mass is 495 g/mol. The lowest BCUT2D eigenvalue weighted by Gasteiger charge is -2.07. The first-order valence-corrected chi connectivity index (χ1v) is 16.0. The first-order valence-electron chi connectivity index (χ1n) is 16.0. The molecule has 0 spiro atoms. The van der Waals surface area contributed by atoms with E-state index >= 15 is 0 Å². The number of rotatable bonds is 24. The fourth-order valence-electron chi connectivity index (χ4n) is 5.45. The molecular weight excluding hydrogens is 436 g/mol. The lowest BCUT2D eigenvalue weighted by atomic mass is 10.1. The Balaban J connectivity index is 1.69. The van der Waals surface area contributed by atoms with Crippen molar-refractivity contribution in [1.29, 1.82) is 0 Å². The largest absolute Gasteiger partial charge is 0.256 e. The maximum absolute atomic E-state index is 2.57. The van der Waals surface area contributed by atoms with Gasteiger partial charge in [0.15, 0.2) is 0 Å². The van der Waals surface area contributed by atoms with Crippen LogP contribution in [0.4, 0.5) is 0 Å². The molecule has 204 valence electrons. The van der Waals surface area contributed by atoms with Crippen molar-refractivity contribution >= 4 is 0 Å². The summed E-state index contributed by atoms with van der Waals surface area (Å²) < 4.78 is 5.08. The number of hydrogen-bond donors (Lipinski definition) is 0. The van der Waals surface area contributed by atoms with Crippen molar-refractivity contribution < 1.29 is 4.57 Å². The number of aryl methyl sites for hydroxylation is 1. The third-order valence-corrected chi connectivity index (χ3v) is 7.79. The molecule has 0 fully saturated rings. The van der Waals surface area contributed by atoms with Crippen LogP contribution in [0.1, 0.15) is 154 Å². The van der Waals surface area contributed by atoms with Crippen molar-refractivity contribution in [2.75, 3.05) is 0 Å². The molecule has 2 nitrogen and oxygen atoms in total. The van der Waals surface area contributed by atoms with Gasteiger partial charge >= 0.3 is 0 Å². The minimum atomic E-state index is 0.999. The van der Waals surface area contributed by atoms with Crippen LogP contribution in [0.3, 0.4) is 0 Å². The first-order chi connectivity index (χ1) is 17.8. The van der Waals surface area contributed by atoms with Gasteiger partial charge in [-0.05, 0) is 24.8 Å². The van der Waals surface area contributed by atoms with Crippen LogP contribution in [0.25, 0.3) is 0 Å². The molecule has 2 rings (SSSR count). The van der Waals surface area contributed by atoms with Gasteiger partial charge in [0.05, 0.1) is 6.54 Å². The zero-order valence-electron chi connectivity index (χ0n) is 24.2. The second kappa shape index (κ2) is 21.5. The minimum Gasteiger partial charge on any atom is -0.234 e. The Kier molecular flexibility index (Phi) is 18.3. The summed E-state index contributed by atoms with van der Waals surface area (Å²) >= 11 is 0. The molecule has 0 radical (unpaired) electrons. The van der Waals surface area contributed by atoms with Gasteiger partial charge in [-0.1, -0.05) is 153 Å². The number of imidazole rings is 1. The van der Waals surface area contributed by atoms with E-state index in [0.29, 0.717) is 0 Å². The summed E-state index contributed by atoms with van der Waals surface area (Å²) in [6.07, 6.45) is 34.1. The molecule has 0 saturated carbocycles. The first kappa shape index (κ1) is 30.7. The van der Waals surface area contributed by atoms with Gasteiger partial charge in [0.25, 0.3) is 5.82 Å². The van der Waals surface area contributed by atoms with Crippen LogP contribution in [0.5, 0.6) is 0 Å². The summed E-state index contributed by atoms with van der Waals surface area (Å²) in [7, 11) is 0. The molecule has 1 heterocycles. The Morgan fingerprint density at radius 2 is 1.03 bits per heavy atom. The van der Waals surface area contributed by atoms with Gasteiger partial charge in [0.1, 0.15) is 18.9 Å². The molecule has 0 amide bonds. The number of aromatic nitrogens is 2. The van der Waals surface area contributed by atoms with Crippen molar-refractivity contribution in [3.63, 3.8) is 0 Å². The molecule has 0 atom stereocenters. The topological polar surface area (TPSA) is 8.81 Å². The molecule has 0 bridgehead atoms. The van der Waals surface area contributed by atoms with Crippen molar-refractivity contribution in [3.8, 4) is 0 Å². The van der Waals surface area contributed by atoms with Crippen LogP contribution in [-0.4, -0.2) is 4.57 Å². The molecule has 0 aliphatic rings. The van der Waals surface area contributed by atoms with E-state index in [4.69, 9.17) is 0 Å². The Morgan fingerprint density at radius 3 is 1.56 bits per heavy atom. The summed E-state index contributed by atoms with van der Waals surface area (Å²) in [5.74, 6) is 1.54. The molecule has 36 heavy (non-hydrogen) atoms. The summed E-state index contributed by atoms with van der Waals surface area (Å²) in [5.41, 5.74) is 1.41. The zero-order chi connectivity index (χ0) is 25.5. The van der Waals surface area contributed by atoms with Gasteiger partial charge in [0, 0.05) is 6.42 Å². The van der Waals surface area contributed by atoms with Crippen LogP contribution < -0.4 is 4.57 Å². The third kappa shape index (κ3) is 14.2. The minimum absolute atomic E-state index is 0.999. The normalized spacial score (nSPS) is 11.4. The number of nitrogens with zero attached hydrogens (tertiary/aromatic N) is 2. The lowest BCUT2D eigenvalue weighted by Crippen LogP contribution is -2.37. The number of benzene rings is 1. The predicted octanol–water partition coefficient (Wildman–Crippen LogP) is 10.2. The Hall–Kier alpha value is -1.57. The van der Waals surface area contributed by atoms with Crippen molar-refractivity contribution in [3.05, 3.63) is 54.1 Å². The zero-order valence-corrected chi connectivity index (χ0v) is 24.2. The molecule has 0 aliphatic carbocycles. The van der Waals surface area contributed by atoms with Crippen molar-refractivity contribution in [2.45, 2.75) is 162 Å². The maximum atomic E-state index is 2.57. The van der Waals surface area contributed by atoms with Crippen LogP contribution >= 0.6 is 0 Å². The van der Waals surface area contributed by atoms with Crippen LogP contribution in [-0.2, 0) is 19.5 Å². The highest BCUT2D eigenvalue weighted by atomic mass is 15.1. The van der Waals surface area contributed by atoms with Crippen LogP contribution in [0.15, 0.2) is 42.7 Å². The van der Waals surface area contributed by atoms with Crippen LogP contribution in [0, 0.1) is 0 Å².